The van der Waals surface area contributed by atoms with E-state index in [-0.39, 0.29) is 5.54 Å². The molecular weight excluding hydrogens is 246 g/mol. The number of nitrogens with zero attached hydrogens (tertiary/aromatic N) is 2. The fourth-order valence-corrected chi connectivity index (χ4v) is 3.31. The van der Waals surface area contributed by atoms with Crippen molar-refractivity contribution in [1.82, 2.24) is 10.3 Å². The van der Waals surface area contributed by atoms with Crippen LogP contribution in [0.4, 0.5) is 0 Å². The number of aryl methyl sites for hydroxylation is 2. The molecule has 1 N–H and O–H groups in total. The highest BCUT2D eigenvalue weighted by molar-refractivity contribution is 8.14. The van der Waals surface area contributed by atoms with Gasteiger partial charge >= 0.3 is 0 Å². The Balaban J connectivity index is 1.99. The first-order chi connectivity index (χ1) is 8.58. The van der Waals surface area contributed by atoms with Gasteiger partial charge in [-0.05, 0) is 26.7 Å². The van der Waals surface area contributed by atoms with Crippen molar-refractivity contribution in [2.75, 3.05) is 5.75 Å². The average molecular weight is 267 g/mol. The zero-order valence-corrected chi connectivity index (χ0v) is 12.4. The van der Waals surface area contributed by atoms with E-state index in [1.165, 1.54) is 0 Å². The minimum atomic E-state index is 0.228. The number of rotatable bonds is 4. The lowest BCUT2D eigenvalue weighted by molar-refractivity contribution is 0.407. The highest BCUT2D eigenvalue weighted by Crippen LogP contribution is 2.29. The summed E-state index contributed by atoms with van der Waals surface area (Å²) < 4.78 is 5.52. The predicted octanol–water partition coefficient (Wildman–Crippen LogP) is 3.04. The molecule has 1 fully saturated rings. The lowest BCUT2D eigenvalue weighted by atomic mass is 9.96. The van der Waals surface area contributed by atoms with Gasteiger partial charge in [-0.1, -0.05) is 25.6 Å². The molecule has 1 aliphatic heterocycles. The molecule has 2 heterocycles. The minimum absolute atomic E-state index is 0.228. The van der Waals surface area contributed by atoms with E-state index in [1.54, 1.807) is 11.8 Å². The van der Waals surface area contributed by atoms with Crippen molar-refractivity contribution >= 4 is 16.9 Å². The largest absolute Gasteiger partial charge is 0.444 e. The van der Waals surface area contributed by atoms with Gasteiger partial charge in [-0.2, -0.15) is 0 Å². The third kappa shape index (κ3) is 2.71. The van der Waals surface area contributed by atoms with Crippen molar-refractivity contribution in [2.24, 2.45) is 4.99 Å². The zero-order valence-electron chi connectivity index (χ0n) is 11.5. The number of oxazole rings is 1. The first kappa shape index (κ1) is 13.5. The molecule has 0 amide bonds. The van der Waals surface area contributed by atoms with Crippen LogP contribution in [0.3, 0.4) is 0 Å². The SMILES string of the molecule is CCC1(CC)CSC(=NCc2nc(C)c(C)o2)N1. The van der Waals surface area contributed by atoms with Gasteiger partial charge in [0.1, 0.15) is 12.3 Å². The van der Waals surface area contributed by atoms with Crippen molar-refractivity contribution in [3.63, 3.8) is 0 Å². The van der Waals surface area contributed by atoms with Crippen LogP contribution in [0.25, 0.3) is 0 Å². The van der Waals surface area contributed by atoms with E-state index in [0.717, 1.165) is 35.2 Å². The van der Waals surface area contributed by atoms with Gasteiger partial charge in [-0.15, -0.1) is 0 Å². The van der Waals surface area contributed by atoms with E-state index in [1.807, 2.05) is 13.8 Å². The van der Waals surface area contributed by atoms with Gasteiger partial charge in [0.15, 0.2) is 5.17 Å². The molecule has 0 aromatic carbocycles. The molecule has 0 unspecified atom stereocenters. The van der Waals surface area contributed by atoms with E-state index in [2.05, 4.69) is 29.1 Å². The van der Waals surface area contributed by atoms with Gasteiger partial charge in [0.2, 0.25) is 5.89 Å². The molecule has 0 saturated carbocycles. The van der Waals surface area contributed by atoms with Crippen molar-refractivity contribution in [2.45, 2.75) is 52.6 Å². The van der Waals surface area contributed by atoms with Gasteiger partial charge in [-0.3, -0.25) is 4.99 Å². The van der Waals surface area contributed by atoms with Crippen molar-refractivity contribution in [1.29, 1.82) is 0 Å². The monoisotopic (exact) mass is 267 g/mol. The van der Waals surface area contributed by atoms with Crippen molar-refractivity contribution in [3.05, 3.63) is 17.3 Å². The number of amidine groups is 1. The molecule has 0 spiro atoms. The number of hydrogen-bond donors (Lipinski definition) is 1. The number of nitrogens with one attached hydrogen (secondary N) is 1. The molecule has 0 bridgehead atoms. The van der Waals surface area contributed by atoms with Gasteiger partial charge in [0.05, 0.1) is 5.69 Å². The van der Waals surface area contributed by atoms with Crippen LogP contribution < -0.4 is 5.32 Å². The summed E-state index contributed by atoms with van der Waals surface area (Å²) in [5.41, 5.74) is 1.18. The lowest BCUT2D eigenvalue weighted by Gasteiger charge is -2.25. The van der Waals surface area contributed by atoms with Crippen LogP contribution >= 0.6 is 11.8 Å². The van der Waals surface area contributed by atoms with E-state index < -0.39 is 0 Å². The molecule has 1 saturated heterocycles. The average Bonchev–Trinajstić information content (AvgIpc) is 2.92. The quantitative estimate of drug-likeness (QED) is 0.911. The molecule has 1 aliphatic rings. The standard InChI is InChI=1S/C13H21N3OS/c1-5-13(6-2)8-18-12(16-13)14-7-11-15-9(3)10(4)17-11/h5-8H2,1-4H3,(H,14,16). The molecule has 5 heteroatoms. The Hall–Kier alpha value is -0.970. The molecule has 2 rings (SSSR count). The summed E-state index contributed by atoms with van der Waals surface area (Å²) in [5, 5.41) is 4.56. The van der Waals surface area contributed by atoms with Gasteiger partial charge in [-0.25, -0.2) is 4.98 Å². The number of thioether (sulfide) groups is 1. The van der Waals surface area contributed by atoms with Crippen LogP contribution in [-0.2, 0) is 6.54 Å². The van der Waals surface area contributed by atoms with Gasteiger partial charge in [0, 0.05) is 11.3 Å². The maximum Gasteiger partial charge on any atom is 0.216 e. The summed E-state index contributed by atoms with van der Waals surface area (Å²) in [5.74, 6) is 2.68. The summed E-state index contributed by atoms with van der Waals surface area (Å²) in [6, 6.07) is 0. The summed E-state index contributed by atoms with van der Waals surface area (Å²) in [4.78, 5) is 8.89. The summed E-state index contributed by atoms with van der Waals surface area (Å²) in [6.07, 6.45) is 2.26. The summed E-state index contributed by atoms with van der Waals surface area (Å²) in [7, 11) is 0. The lowest BCUT2D eigenvalue weighted by Crippen LogP contribution is -2.42. The third-order valence-electron chi connectivity index (χ3n) is 3.64. The van der Waals surface area contributed by atoms with E-state index in [0.29, 0.717) is 12.4 Å². The second kappa shape index (κ2) is 5.34. The van der Waals surface area contributed by atoms with Crippen LogP contribution in [0.2, 0.25) is 0 Å². The molecule has 0 aliphatic carbocycles. The molecule has 1 aromatic heterocycles. The Labute approximate surface area is 113 Å². The highest BCUT2D eigenvalue weighted by atomic mass is 32.2. The maximum atomic E-state index is 5.52. The molecule has 0 atom stereocenters. The molecule has 18 heavy (non-hydrogen) atoms. The smallest absolute Gasteiger partial charge is 0.216 e. The normalized spacial score (nSPS) is 20.3. The number of aliphatic imine (C=N–C) groups is 1. The second-order valence-corrected chi connectivity index (χ2v) is 5.74. The highest BCUT2D eigenvalue weighted by Gasteiger charge is 2.33. The zero-order chi connectivity index (χ0) is 13.2. The van der Waals surface area contributed by atoms with Crippen LogP contribution in [0.1, 0.15) is 44.0 Å². The number of hydrogen-bond acceptors (Lipinski definition) is 4. The van der Waals surface area contributed by atoms with Crippen LogP contribution in [0.5, 0.6) is 0 Å². The number of aromatic nitrogens is 1. The van der Waals surface area contributed by atoms with Crippen molar-refractivity contribution in [3.8, 4) is 0 Å². The Bertz CT molecular complexity index is 430. The molecular formula is C13H21N3OS. The van der Waals surface area contributed by atoms with Gasteiger partial charge < -0.3 is 9.73 Å². The molecule has 1 aromatic rings. The minimum Gasteiger partial charge on any atom is -0.444 e. The Morgan fingerprint density at radius 2 is 2.11 bits per heavy atom. The topological polar surface area (TPSA) is 50.4 Å². The van der Waals surface area contributed by atoms with Crippen molar-refractivity contribution < 1.29 is 4.42 Å². The maximum absolute atomic E-state index is 5.52. The first-order valence-corrected chi connectivity index (χ1v) is 7.45. The predicted molar refractivity (Wildman–Crippen MR) is 76.0 cm³/mol. The Morgan fingerprint density at radius 1 is 1.39 bits per heavy atom. The third-order valence-corrected chi connectivity index (χ3v) is 4.84. The molecule has 100 valence electrons. The first-order valence-electron chi connectivity index (χ1n) is 6.47. The van der Waals surface area contributed by atoms with Crippen LogP contribution in [0, 0.1) is 13.8 Å². The molecule has 4 nitrogen and oxygen atoms in total. The van der Waals surface area contributed by atoms with E-state index >= 15 is 0 Å². The van der Waals surface area contributed by atoms with Gasteiger partial charge in [0.25, 0.3) is 0 Å². The van der Waals surface area contributed by atoms with E-state index in [4.69, 9.17) is 4.42 Å². The summed E-state index contributed by atoms with van der Waals surface area (Å²) in [6.45, 7) is 8.85. The summed E-state index contributed by atoms with van der Waals surface area (Å²) >= 11 is 1.80. The Kier molecular flexibility index (Phi) is 4.00. The van der Waals surface area contributed by atoms with Crippen LogP contribution in [0.15, 0.2) is 9.41 Å². The second-order valence-electron chi connectivity index (χ2n) is 4.77. The van der Waals surface area contributed by atoms with E-state index in [9.17, 15) is 0 Å². The fourth-order valence-electron chi connectivity index (χ4n) is 1.97. The van der Waals surface area contributed by atoms with Crippen LogP contribution in [-0.4, -0.2) is 21.4 Å². The molecule has 0 radical (unpaired) electrons. The Morgan fingerprint density at radius 3 is 2.61 bits per heavy atom. The fraction of sp³-hybridized carbons (Fsp3) is 0.692.